The van der Waals surface area contributed by atoms with Crippen LogP contribution >= 0.6 is 23.5 Å². The van der Waals surface area contributed by atoms with Gasteiger partial charge in [-0.2, -0.15) is 0 Å². The van der Waals surface area contributed by atoms with E-state index in [1.165, 1.54) is 17.9 Å². The van der Waals surface area contributed by atoms with Gasteiger partial charge in [0.2, 0.25) is 0 Å². The largest absolute Gasteiger partial charge is 0.393 e. The highest BCUT2D eigenvalue weighted by Crippen LogP contribution is 2.51. The molecule has 0 spiro atoms. The summed E-state index contributed by atoms with van der Waals surface area (Å²) in [7, 11) is 1.71. The SMILES string of the molecule is CO[C@@H]1C[C@H]2[C@H](C3SCCCS3)[C@@H](O)C[C@H]2O1. The molecule has 5 atom stereocenters. The first-order valence-corrected chi connectivity index (χ1v) is 8.49. The fourth-order valence-electron chi connectivity index (χ4n) is 3.30. The molecule has 98 valence electrons. The quantitative estimate of drug-likeness (QED) is 0.834. The molecule has 2 aliphatic heterocycles. The van der Waals surface area contributed by atoms with Gasteiger partial charge in [0.15, 0.2) is 6.29 Å². The van der Waals surface area contributed by atoms with E-state index in [-0.39, 0.29) is 18.5 Å². The highest BCUT2D eigenvalue weighted by Gasteiger charge is 2.52. The van der Waals surface area contributed by atoms with E-state index in [1.807, 2.05) is 23.5 Å². The molecule has 17 heavy (non-hydrogen) atoms. The number of fused-ring (bicyclic) bond motifs is 1. The summed E-state index contributed by atoms with van der Waals surface area (Å²) >= 11 is 4.06. The zero-order valence-electron chi connectivity index (χ0n) is 10.1. The van der Waals surface area contributed by atoms with Crippen molar-refractivity contribution >= 4 is 23.5 Å². The molecule has 0 aromatic rings. The first-order valence-electron chi connectivity index (χ1n) is 6.39. The Morgan fingerprint density at radius 1 is 1.24 bits per heavy atom. The van der Waals surface area contributed by atoms with E-state index in [4.69, 9.17) is 9.47 Å². The normalized spacial score (nSPS) is 47.3. The molecule has 3 nitrogen and oxygen atoms in total. The molecule has 0 amide bonds. The molecule has 3 fully saturated rings. The van der Waals surface area contributed by atoms with Gasteiger partial charge in [-0.3, -0.25) is 0 Å². The average molecular weight is 276 g/mol. The van der Waals surface area contributed by atoms with Crippen LogP contribution in [0.1, 0.15) is 19.3 Å². The number of hydrogen-bond donors (Lipinski definition) is 1. The molecule has 5 heteroatoms. The molecule has 1 saturated carbocycles. The lowest BCUT2D eigenvalue weighted by atomic mass is 9.93. The first kappa shape index (κ1) is 12.6. The molecule has 0 aromatic carbocycles. The van der Waals surface area contributed by atoms with E-state index in [9.17, 15) is 5.11 Å². The smallest absolute Gasteiger partial charge is 0.157 e. The summed E-state index contributed by atoms with van der Waals surface area (Å²) in [5.41, 5.74) is 0. The van der Waals surface area contributed by atoms with Gasteiger partial charge in [0.25, 0.3) is 0 Å². The average Bonchev–Trinajstić information content (AvgIpc) is 2.86. The summed E-state index contributed by atoms with van der Waals surface area (Å²) in [6.45, 7) is 0. The predicted octanol–water partition coefficient (Wildman–Crippen LogP) is 1.94. The first-order chi connectivity index (χ1) is 8.29. The summed E-state index contributed by atoms with van der Waals surface area (Å²) in [5.74, 6) is 3.38. The number of rotatable bonds is 2. The second-order valence-corrected chi connectivity index (χ2v) is 7.88. The van der Waals surface area contributed by atoms with E-state index in [0.717, 1.165) is 12.8 Å². The summed E-state index contributed by atoms with van der Waals surface area (Å²) < 4.78 is 11.7. The van der Waals surface area contributed by atoms with E-state index in [1.54, 1.807) is 7.11 Å². The fourth-order valence-corrected chi connectivity index (χ4v) is 6.75. The minimum absolute atomic E-state index is 0.0430. The zero-order valence-corrected chi connectivity index (χ0v) is 11.7. The molecule has 0 bridgehead atoms. The Balaban J connectivity index is 1.70. The zero-order chi connectivity index (χ0) is 11.8. The van der Waals surface area contributed by atoms with Crippen LogP contribution in [0.4, 0.5) is 0 Å². The monoisotopic (exact) mass is 276 g/mol. The summed E-state index contributed by atoms with van der Waals surface area (Å²) in [6.07, 6.45) is 3.07. The highest BCUT2D eigenvalue weighted by atomic mass is 32.2. The summed E-state index contributed by atoms with van der Waals surface area (Å²) in [5, 5.41) is 10.3. The van der Waals surface area contributed by atoms with Crippen molar-refractivity contribution in [3.63, 3.8) is 0 Å². The summed E-state index contributed by atoms with van der Waals surface area (Å²) in [6, 6.07) is 0. The molecule has 1 N–H and O–H groups in total. The van der Waals surface area contributed by atoms with Gasteiger partial charge in [-0.1, -0.05) is 0 Å². The Bertz CT molecular complexity index is 270. The molecule has 2 saturated heterocycles. The standard InChI is InChI=1S/C12H20O3S2/c1-14-10-5-7-9(15-10)6-8(13)11(7)12-16-3-2-4-17-12/h7-13H,2-6H2,1H3/t7-,8+,9-,10+,11+/m1/s1. The third-order valence-electron chi connectivity index (χ3n) is 4.11. The molecule has 0 radical (unpaired) electrons. The number of ether oxygens (including phenoxy) is 2. The van der Waals surface area contributed by atoms with Crippen molar-refractivity contribution in [1.29, 1.82) is 0 Å². The fraction of sp³-hybridized carbons (Fsp3) is 1.00. The molecular weight excluding hydrogens is 256 g/mol. The third kappa shape index (κ3) is 2.37. The minimum Gasteiger partial charge on any atom is -0.393 e. The van der Waals surface area contributed by atoms with Gasteiger partial charge < -0.3 is 14.6 Å². The van der Waals surface area contributed by atoms with Gasteiger partial charge in [-0.15, -0.1) is 23.5 Å². The van der Waals surface area contributed by atoms with Crippen molar-refractivity contribution in [3.8, 4) is 0 Å². The molecule has 0 aromatic heterocycles. The van der Waals surface area contributed by atoms with Crippen LogP contribution in [0.2, 0.25) is 0 Å². The number of thioether (sulfide) groups is 2. The van der Waals surface area contributed by atoms with Crippen molar-refractivity contribution in [1.82, 2.24) is 0 Å². The van der Waals surface area contributed by atoms with Gasteiger partial charge in [0.1, 0.15) is 0 Å². The van der Waals surface area contributed by atoms with Crippen molar-refractivity contribution in [2.24, 2.45) is 11.8 Å². The van der Waals surface area contributed by atoms with Gasteiger partial charge in [0.05, 0.1) is 16.8 Å². The van der Waals surface area contributed by atoms with E-state index in [2.05, 4.69) is 0 Å². The van der Waals surface area contributed by atoms with Crippen molar-refractivity contribution in [2.75, 3.05) is 18.6 Å². The highest BCUT2D eigenvalue weighted by molar-refractivity contribution is 8.17. The number of hydrogen-bond acceptors (Lipinski definition) is 5. The number of aliphatic hydroxyl groups is 1. The Morgan fingerprint density at radius 2 is 2.00 bits per heavy atom. The molecular formula is C12H20O3S2. The maximum absolute atomic E-state index is 10.3. The molecule has 2 heterocycles. The van der Waals surface area contributed by atoms with Crippen LogP contribution in [0, 0.1) is 11.8 Å². The lowest BCUT2D eigenvalue weighted by Gasteiger charge is -2.31. The van der Waals surface area contributed by atoms with Crippen molar-refractivity contribution < 1.29 is 14.6 Å². The Kier molecular flexibility index (Phi) is 3.92. The van der Waals surface area contributed by atoms with E-state index in [0.29, 0.717) is 16.4 Å². The molecule has 1 aliphatic carbocycles. The van der Waals surface area contributed by atoms with Crippen LogP contribution in [0.25, 0.3) is 0 Å². The van der Waals surface area contributed by atoms with Gasteiger partial charge in [-0.05, 0) is 23.8 Å². The van der Waals surface area contributed by atoms with Gasteiger partial charge >= 0.3 is 0 Å². The predicted molar refractivity (Wildman–Crippen MR) is 71.2 cm³/mol. The topological polar surface area (TPSA) is 38.7 Å². The van der Waals surface area contributed by atoms with Crippen LogP contribution in [0.3, 0.4) is 0 Å². The Hall–Kier alpha value is 0.580. The second-order valence-electron chi connectivity index (χ2n) is 5.08. The van der Waals surface area contributed by atoms with Crippen molar-refractivity contribution in [2.45, 2.75) is 42.3 Å². The van der Waals surface area contributed by atoms with Crippen LogP contribution in [0.5, 0.6) is 0 Å². The molecule has 3 rings (SSSR count). The number of methoxy groups -OCH3 is 1. The van der Waals surface area contributed by atoms with Gasteiger partial charge in [-0.25, -0.2) is 0 Å². The lowest BCUT2D eigenvalue weighted by molar-refractivity contribution is -0.118. The van der Waals surface area contributed by atoms with Crippen LogP contribution < -0.4 is 0 Å². The lowest BCUT2D eigenvalue weighted by Crippen LogP contribution is -2.31. The summed E-state index contributed by atoms with van der Waals surface area (Å²) in [4.78, 5) is 0. The maximum Gasteiger partial charge on any atom is 0.157 e. The Labute approximate surface area is 111 Å². The number of aliphatic hydroxyl groups excluding tert-OH is 1. The molecule has 3 aliphatic rings. The van der Waals surface area contributed by atoms with Crippen molar-refractivity contribution in [3.05, 3.63) is 0 Å². The van der Waals surface area contributed by atoms with Gasteiger partial charge in [0, 0.05) is 25.9 Å². The minimum atomic E-state index is -0.175. The van der Waals surface area contributed by atoms with Crippen LogP contribution in [-0.4, -0.2) is 46.8 Å². The van der Waals surface area contributed by atoms with E-state index >= 15 is 0 Å². The van der Waals surface area contributed by atoms with E-state index < -0.39 is 0 Å². The van der Waals surface area contributed by atoms with Crippen LogP contribution in [-0.2, 0) is 9.47 Å². The second kappa shape index (κ2) is 5.29. The maximum atomic E-state index is 10.3. The third-order valence-corrected chi connectivity index (χ3v) is 7.26. The Morgan fingerprint density at radius 3 is 2.71 bits per heavy atom. The molecule has 0 unspecified atom stereocenters. The van der Waals surface area contributed by atoms with Crippen LogP contribution in [0.15, 0.2) is 0 Å².